The van der Waals surface area contributed by atoms with E-state index in [0.29, 0.717) is 5.75 Å². The monoisotopic (exact) mass is 473 g/mol. The summed E-state index contributed by atoms with van der Waals surface area (Å²) < 4.78 is 5.22. The lowest BCUT2D eigenvalue weighted by Gasteiger charge is -2.29. The Hall–Kier alpha value is -4.43. The van der Waals surface area contributed by atoms with E-state index in [0.717, 1.165) is 47.2 Å². The topological polar surface area (TPSA) is 65.7 Å². The molecule has 3 aromatic carbocycles. The van der Waals surface area contributed by atoms with E-state index in [4.69, 9.17) is 9.84 Å². The van der Waals surface area contributed by atoms with Crippen molar-refractivity contribution in [2.45, 2.75) is 25.3 Å². The zero-order valence-electron chi connectivity index (χ0n) is 20.2. The fourth-order valence-electron chi connectivity index (χ4n) is 5.03. The highest BCUT2D eigenvalue weighted by Crippen LogP contribution is 2.44. The minimum absolute atomic E-state index is 0.0534. The number of allylic oxidation sites excluding steroid dienone is 1. The van der Waals surface area contributed by atoms with Crippen LogP contribution >= 0.6 is 0 Å². The van der Waals surface area contributed by atoms with Crippen molar-refractivity contribution in [3.63, 3.8) is 0 Å². The number of ether oxygens (including phenoxy) is 1. The molecule has 36 heavy (non-hydrogen) atoms. The molecule has 1 aliphatic carbocycles. The van der Waals surface area contributed by atoms with Crippen LogP contribution in [-0.2, 0) is 4.79 Å². The molecule has 1 fully saturated rings. The average Bonchev–Trinajstić information content (AvgIpc) is 3.33. The average molecular weight is 474 g/mol. The van der Waals surface area contributed by atoms with Crippen LogP contribution in [0.25, 0.3) is 12.2 Å². The molecule has 178 valence electrons. The van der Waals surface area contributed by atoms with Gasteiger partial charge in [-0.1, -0.05) is 72.8 Å². The van der Waals surface area contributed by atoms with Gasteiger partial charge in [-0.2, -0.15) is 10.4 Å². The lowest BCUT2D eigenvalue weighted by Crippen LogP contribution is -2.32. The molecule has 2 unspecified atom stereocenters. The summed E-state index contributed by atoms with van der Waals surface area (Å²) in [6.07, 6.45) is 6.69. The van der Waals surface area contributed by atoms with Crippen LogP contribution < -0.4 is 4.74 Å². The minimum Gasteiger partial charge on any atom is -0.497 e. The highest BCUT2D eigenvalue weighted by Gasteiger charge is 2.44. The molecule has 3 aromatic rings. The number of nitrogens with zero attached hydrogens (tertiary/aromatic N) is 3. The Kier molecular flexibility index (Phi) is 6.77. The Bertz CT molecular complexity index is 1370. The van der Waals surface area contributed by atoms with E-state index in [1.54, 1.807) is 13.2 Å². The molecule has 2 atom stereocenters. The summed E-state index contributed by atoms with van der Waals surface area (Å²) in [5.41, 5.74) is 5.07. The number of hydrazone groups is 1. The zero-order valence-corrected chi connectivity index (χ0v) is 20.2. The Morgan fingerprint density at radius 2 is 1.69 bits per heavy atom. The van der Waals surface area contributed by atoms with Gasteiger partial charge in [-0.3, -0.25) is 4.79 Å². The van der Waals surface area contributed by atoms with Crippen LogP contribution in [0.4, 0.5) is 0 Å². The predicted molar refractivity (Wildman–Crippen MR) is 142 cm³/mol. The van der Waals surface area contributed by atoms with E-state index < -0.39 is 0 Å². The largest absolute Gasteiger partial charge is 0.497 e. The van der Waals surface area contributed by atoms with Gasteiger partial charge in [-0.05, 0) is 65.8 Å². The first kappa shape index (κ1) is 23.3. The minimum atomic E-state index is -0.386. The van der Waals surface area contributed by atoms with E-state index in [9.17, 15) is 10.1 Å². The maximum absolute atomic E-state index is 13.8. The second-order valence-corrected chi connectivity index (χ2v) is 9.01. The third kappa shape index (κ3) is 4.71. The molecule has 2 aliphatic rings. The van der Waals surface area contributed by atoms with E-state index in [1.165, 1.54) is 5.01 Å². The molecule has 0 bridgehead atoms. The number of carbonyl (C=O) groups excluding carboxylic acids is 1. The standard InChI is InChI=1S/C31H27N3O2/c1-36-27-17-15-23(16-18-27)20-26(21-32)31(35)34-30(24-11-6-3-7-12-24)28-14-8-13-25(29(28)33-34)19-22-9-4-2-5-10-22/h2-7,9-12,15-20,28,30H,8,13-14H2,1H3/b25-19-,26-20+. The van der Waals surface area contributed by atoms with E-state index in [1.807, 2.05) is 72.8 Å². The number of hydrogen-bond donors (Lipinski definition) is 0. The van der Waals surface area contributed by atoms with Gasteiger partial charge in [0.25, 0.3) is 5.91 Å². The number of carbonyl (C=O) groups is 1. The molecule has 1 aliphatic heterocycles. The van der Waals surface area contributed by atoms with E-state index in [2.05, 4.69) is 24.3 Å². The SMILES string of the molecule is COc1ccc(/C=C(\C#N)C(=O)N2N=C3/C(=C\c4ccccc4)CCCC3C2c2ccccc2)cc1. The van der Waals surface area contributed by atoms with Crippen LogP contribution in [0.15, 0.2) is 101 Å². The van der Waals surface area contributed by atoms with Crippen molar-refractivity contribution in [1.29, 1.82) is 5.26 Å². The molecule has 0 aromatic heterocycles. The van der Waals surface area contributed by atoms with Gasteiger partial charge in [0.1, 0.15) is 17.4 Å². The molecule has 1 amide bonds. The number of rotatable bonds is 5. The smallest absolute Gasteiger partial charge is 0.285 e. The van der Waals surface area contributed by atoms with Crippen molar-refractivity contribution in [1.82, 2.24) is 5.01 Å². The summed E-state index contributed by atoms with van der Waals surface area (Å²) in [6, 6.07) is 29.4. The normalized spacial score (nSPS) is 20.4. The molecule has 0 spiro atoms. The molecule has 0 radical (unpaired) electrons. The Balaban J connectivity index is 1.55. The van der Waals surface area contributed by atoms with Crippen molar-refractivity contribution in [2.24, 2.45) is 11.0 Å². The predicted octanol–water partition coefficient (Wildman–Crippen LogP) is 6.43. The van der Waals surface area contributed by atoms with Gasteiger partial charge in [-0.15, -0.1) is 0 Å². The second-order valence-electron chi connectivity index (χ2n) is 9.01. The Morgan fingerprint density at radius 1 is 1.00 bits per heavy atom. The third-order valence-electron chi connectivity index (χ3n) is 6.77. The van der Waals surface area contributed by atoms with Crippen molar-refractivity contribution in [2.75, 3.05) is 7.11 Å². The number of benzene rings is 3. The van der Waals surface area contributed by atoms with Gasteiger partial charge in [-0.25, -0.2) is 5.01 Å². The molecule has 5 rings (SSSR count). The van der Waals surface area contributed by atoms with Crippen LogP contribution in [0.3, 0.4) is 0 Å². The summed E-state index contributed by atoms with van der Waals surface area (Å²) in [4.78, 5) is 13.8. The van der Waals surface area contributed by atoms with Crippen molar-refractivity contribution in [3.05, 3.63) is 113 Å². The van der Waals surface area contributed by atoms with Gasteiger partial charge in [0.05, 0.1) is 18.9 Å². The van der Waals surface area contributed by atoms with E-state index in [-0.39, 0.29) is 23.4 Å². The molecule has 5 nitrogen and oxygen atoms in total. The van der Waals surface area contributed by atoms with Crippen molar-refractivity contribution >= 4 is 23.8 Å². The summed E-state index contributed by atoms with van der Waals surface area (Å²) >= 11 is 0. The van der Waals surface area contributed by atoms with Crippen molar-refractivity contribution in [3.8, 4) is 11.8 Å². The number of nitriles is 1. The first-order chi connectivity index (χ1) is 17.7. The quantitative estimate of drug-likeness (QED) is 0.317. The summed E-state index contributed by atoms with van der Waals surface area (Å²) in [6.45, 7) is 0. The first-order valence-corrected chi connectivity index (χ1v) is 12.2. The van der Waals surface area contributed by atoms with Crippen LogP contribution in [0.1, 0.15) is 42.0 Å². The molecule has 1 heterocycles. The molecular formula is C31H27N3O2. The van der Waals surface area contributed by atoms with E-state index >= 15 is 0 Å². The summed E-state index contributed by atoms with van der Waals surface area (Å²) in [5.74, 6) is 0.415. The van der Waals surface area contributed by atoms with Gasteiger partial charge in [0, 0.05) is 5.92 Å². The lowest BCUT2D eigenvalue weighted by atomic mass is 9.77. The summed E-state index contributed by atoms with van der Waals surface area (Å²) in [7, 11) is 1.60. The van der Waals surface area contributed by atoms with Crippen LogP contribution in [0, 0.1) is 17.2 Å². The number of fused-ring (bicyclic) bond motifs is 1. The fourth-order valence-corrected chi connectivity index (χ4v) is 5.03. The van der Waals surface area contributed by atoms with Gasteiger partial charge in [0.2, 0.25) is 0 Å². The number of hydrogen-bond acceptors (Lipinski definition) is 4. The highest BCUT2D eigenvalue weighted by molar-refractivity contribution is 6.10. The maximum Gasteiger partial charge on any atom is 0.285 e. The van der Waals surface area contributed by atoms with Crippen LogP contribution in [0.5, 0.6) is 5.75 Å². The number of amides is 1. The molecular weight excluding hydrogens is 446 g/mol. The molecule has 0 saturated heterocycles. The third-order valence-corrected chi connectivity index (χ3v) is 6.77. The highest BCUT2D eigenvalue weighted by atomic mass is 16.5. The first-order valence-electron chi connectivity index (χ1n) is 12.2. The fraction of sp³-hybridized carbons (Fsp3) is 0.194. The van der Waals surface area contributed by atoms with Gasteiger partial charge < -0.3 is 4.74 Å². The summed E-state index contributed by atoms with van der Waals surface area (Å²) in [5, 5.41) is 16.4. The number of methoxy groups -OCH3 is 1. The van der Waals surface area contributed by atoms with Crippen LogP contribution in [-0.4, -0.2) is 23.7 Å². The lowest BCUT2D eigenvalue weighted by molar-refractivity contribution is -0.129. The Labute approximate surface area is 211 Å². The van der Waals surface area contributed by atoms with Gasteiger partial charge >= 0.3 is 0 Å². The second kappa shape index (κ2) is 10.5. The van der Waals surface area contributed by atoms with Crippen molar-refractivity contribution < 1.29 is 9.53 Å². The van der Waals surface area contributed by atoms with Crippen LogP contribution in [0.2, 0.25) is 0 Å². The molecule has 0 N–H and O–H groups in total. The Morgan fingerprint density at radius 3 is 2.36 bits per heavy atom. The molecule has 5 heteroatoms. The zero-order chi connectivity index (χ0) is 24.9. The molecule has 1 saturated carbocycles. The van der Waals surface area contributed by atoms with Gasteiger partial charge in [0.15, 0.2) is 0 Å². The maximum atomic E-state index is 13.8.